The maximum atomic E-state index is 12.9. The zero-order valence-electron chi connectivity index (χ0n) is 9.18. The van der Waals surface area contributed by atoms with Crippen LogP contribution in [0.25, 0.3) is 0 Å². The molecule has 6 heteroatoms. The molecule has 0 aliphatic carbocycles. The van der Waals surface area contributed by atoms with Crippen molar-refractivity contribution in [3.63, 3.8) is 0 Å². The van der Waals surface area contributed by atoms with Gasteiger partial charge in [-0.3, -0.25) is 0 Å². The molecular weight excluding hydrogens is 238 g/mol. The normalized spacial score (nSPS) is 13.8. The van der Waals surface area contributed by atoms with Crippen molar-refractivity contribution in [3.8, 4) is 0 Å². The Morgan fingerprint density at radius 1 is 1.35 bits per heavy atom. The predicted octanol–water partition coefficient (Wildman–Crippen LogP) is 2.15. The highest BCUT2D eigenvalue weighted by Crippen LogP contribution is 2.19. The van der Waals surface area contributed by atoms with Crippen molar-refractivity contribution in [2.24, 2.45) is 0 Å². The van der Waals surface area contributed by atoms with Crippen LogP contribution in [-0.2, 0) is 6.54 Å². The predicted molar refractivity (Wildman–Crippen MR) is 54.9 cm³/mol. The minimum absolute atomic E-state index is 0.0801. The topological polar surface area (TPSA) is 32.3 Å². The zero-order chi connectivity index (χ0) is 13.1. The molecule has 1 unspecified atom stereocenters. The van der Waals surface area contributed by atoms with Gasteiger partial charge in [0.1, 0.15) is 5.82 Å². The Labute approximate surface area is 96.3 Å². The summed E-state index contributed by atoms with van der Waals surface area (Å²) in [6.07, 6.45) is -7.04. The van der Waals surface area contributed by atoms with E-state index in [1.165, 1.54) is 12.1 Å². The number of rotatable bonds is 4. The van der Waals surface area contributed by atoms with Crippen LogP contribution in [0, 0.1) is 12.7 Å². The van der Waals surface area contributed by atoms with E-state index in [-0.39, 0.29) is 6.54 Å². The van der Waals surface area contributed by atoms with Gasteiger partial charge in [-0.05, 0) is 30.2 Å². The van der Waals surface area contributed by atoms with Crippen LogP contribution in [-0.4, -0.2) is 23.9 Å². The minimum atomic E-state index is -4.63. The molecule has 0 bridgehead atoms. The second-order valence-corrected chi connectivity index (χ2v) is 3.76. The number of halogens is 4. The first-order valence-electron chi connectivity index (χ1n) is 5.01. The average Bonchev–Trinajstić information content (AvgIpc) is 2.21. The lowest BCUT2D eigenvalue weighted by Gasteiger charge is -2.15. The van der Waals surface area contributed by atoms with Gasteiger partial charge < -0.3 is 10.4 Å². The van der Waals surface area contributed by atoms with E-state index >= 15 is 0 Å². The Kier molecular flexibility index (Phi) is 4.47. The van der Waals surface area contributed by atoms with Crippen molar-refractivity contribution < 1.29 is 22.7 Å². The fraction of sp³-hybridized carbons (Fsp3) is 0.455. The number of hydrogen-bond donors (Lipinski definition) is 2. The number of aryl methyl sites for hydroxylation is 1. The molecule has 0 fully saturated rings. The van der Waals surface area contributed by atoms with Crippen LogP contribution in [0.2, 0.25) is 0 Å². The van der Waals surface area contributed by atoms with Gasteiger partial charge in [-0.1, -0.05) is 6.07 Å². The van der Waals surface area contributed by atoms with Crippen LogP contribution in [0.4, 0.5) is 17.6 Å². The summed E-state index contributed by atoms with van der Waals surface area (Å²) in [6.45, 7) is 1.20. The van der Waals surface area contributed by atoms with Crippen molar-refractivity contribution in [2.45, 2.75) is 25.7 Å². The molecule has 0 radical (unpaired) electrons. The van der Waals surface area contributed by atoms with Crippen LogP contribution in [0.15, 0.2) is 18.2 Å². The minimum Gasteiger partial charge on any atom is -0.382 e. The number of aliphatic hydroxyl groups is 1. The standard InChI is InChI=1S/C11H13F4NO/c1-7-2-3-9(12)4-8(7)5-16-6-10(17)11(13,14)15/h2-4,10,16-17H,5-6H2,1H3. The lowest BCUT2D eigenvalue weighted by molar-refractivity contribution is -0.201. The van der Waals surface area contributed by atoms with Gasteiger partial charge in [0.25, 0.3) is 0 Å². The van der Waals surface area contributed by atoms with Gasteiger partial charge in [0.2, 0.25) is 0 Å². The molecule has 1 aromatic rings. The van der Waals surface area contributed by atoms with Crippen LogP contribution < -0.4 is 5.32 Å². The van der Waals surface area contributed by atoms with Gasteiger partial charge in [0.15, 0.2) is 6.10 Å². The van der Waals surface area contributed by atoms with E-state index in [4.69, 9.17) is 5.11 Å². The molecule has 1 rings (SSSR count). The summed E-state index contributed by atoms with van der Waals surface area (Å²) < 4.78 is 48.8. The second-order valence-electron chi connectivity index (χ2n) is 3.76. The first-order valence-corrected chi connectivity index (χ1v) is 5.01. The first kappa shape index (κ1) is 13.9. The Bertz CT molecular complexity index is 378. The van der Waals surface area contributed by atoms with E-state index in [1.807, 2.05) is 0 Å². The molecule has 96 valence electrons. The third-order valence-corrected chi connectivity index (χ3v) is 2.34. The van der Waals surface area contributed by atoms with Crippen molar-refractivity contribution in [1.29, 1.82) is 0 Å². The van der Waals surface area contributed by atoms with Gasteiger partial charge in [0, 0.05) is 13.1 Å². The highest BCUT2D eigenvalue weighted by atomic mass is 19.4. The molecule has 0 saturated carbocycles. The summed E-state index contributed by atoms with van der Waals surface area (Å²) in [5.41, 5.74) is 1.35. The lowest BCUT2D eigenvalue weighted by atomic mass is 10.1. The zero-order valence-corrected chi connectivity index (χ0v) is 9.18. The van der Waals surface area contributed by atoms with Gasteiger partial charge in [-0.2, -0.15) is 13.2 Å². The maximum absolute atomic E-state index is 12.9. The highest BCUT2D eigenvalue weighted by Gasteiger charge is 2.37. The number of aliphatic hydroxyl groups excluding tert-OH is 1. The van der Waals surface area contributed by atoms with E-state index in [9.17, 15) is 17.6 Å². The molecule has 1 atom stereocenters. The number of alkyl halides is 3. The fourth-order valence-electron chi connectivity index (χ4n) is 1.29. The largest absolute Gasteiger partial charge is 0.415 e. The van der Waals surface area contributed by atoms with Crippen molar-refractivity contribution in [1.82, 2.24) is 5.32 Å². The smallest absolute Gasteiger partial charge is 0.382 e. The van der Waals surface area contributed by atoms with E-state index in [2.05, 4.69) is 5.32 Å². The van der Waals surface area contributed by atoms with Crippen molar-refractivity contribution in [2.75, 3.05) is 6.54 Å². The molecule has 0 aliphatic heterocycles. The molecular formula is C11H13F4NO. The Morgan fingerprint density at radius 3 is 2.59 bits per heavy atom. The lowest BCUT2D eigenvalue weighted by Crippen LogP contribution is -2.38. The molecule has 0 spiro atoms. The number of hydrogen-bond acceptors (Lipinski definition) is 2. The fourth-order valence-corrected chi connectivity index (χ4v) is 1.29. The highest BCUT2D eigenvalue weighted by molar-refractivity contribution is 5.26. The first-order chi connectivity index (χ1) is 7.80. The summed E-state index contributed by atoms with van der Waals surface area (Å²) >= 11 is 0. The molecule has 2 N–H and O–H groups in total. The van der Waals surface area contributed by atoms with E-state index in [0.717, 1.165) is 5.56 Å². The summed E-state index contributed by atoms with van der Waals surface area (Å²) in [4.78, 5) is 0. The van der Waals surface area contributed by atoms with Gasteiger partial charge in [-0.15, -0.1) is 0 Å². The molecule has 0 aromatic heterocycles. The summed E-state index contributed by atoms with van der Waals surface area (Å²) in [6, 6.07) is 4.08. The van der Waals surface area contributed by atoms with Crippen molar-refractivity contribution >= 4 is 0 Å². The SMILES string of the molecule is Cc1ccc(F)cc1CNCC(O)C(F)(F)F. The molecule has 17 heavy (non-hydrogen) atoms. The molecule has 0 amide bonds. The Morgan fingerprint density at radius 2 is 2.00 bits per heavy atom. The van der Waals surface area contributed by atoms with E-state index in [0.29, 0.717) is 5.56 Å². The van der Waals surface area contributed by atoms with Crippen LogP contribution in [0.5, 0.6) is 0 Å². The van der Waals surface area contributed by atoms with Crippen LogP contribution >= 0.6 is 0 Å². The summed E-state index contributed by atoms with van der Waals surface area (Å²) in [5, 5.41) is 11.2. The quantitative estimate of drug-likeness (QED) is 0.804. The molecule has 1 aromatic carbocycles. The van der Waals surface area contributed by atoms with Gasteiger partial charge in [0.05, 0.1) is 0 Å². The molecule has 0 aliphatic rings. The molecule has 0 saturated heterocycles. The third kappa shape index (κ3) is 4.32. The van der Waals surface area contributed by atoms with Gasteiger partial charge >= 0.3 is 6.18 Å². The van der Waals surface area contributed by atoms with Gasteiger partial charge in [-0.25, -0.2) is 4.39 Å². The van der Waals surface area contributed by atoms with E-state index < -0.39 is 24.6 Å². The summed E-state index contributed by atoms with van der Waals surface area (Å²) in [5.74, 6) is -0.441. The molecule has 0 heterocycles. The number of nitrogens with one attached hydrogen (secondary N) is 1. The van der Waals surface area contributed by atoms with Crippen molar-refractivity contribution in [3.05, 3.63) is 35.1 Å². The molecule has 2 nitrogen and oxygen atoms in total. The number of benzene rings is 1. The van der Waals surface area contributed by atoms with E-state index in [1.54, 1.807) is 13.0 Å². The Hall–Kier alpha value is -1.14. The second kappa shape index (κ2) is 5.46. The Balaban J connectivity index is 2.49. The summed E-state index contributed by atoms with van der Waals surface area (Å²) in [7, 11) is 0. The van der Waals surface area contributed by atoms with Crippen LogP contribution in [0.3, 0.4) is 0 Å². The van der Waals surface area contributed by atoms with Crippen LogP contribution in [0.1, 0.15) is 11.1 Å². The maximum Gasteiger partial charge on any atom is 0.415 e. The monoisotopic (exact) mass is 251 g/mol. The average molecular weight is 251 g/mol. The third-order valence-electron chi connectivity index (χ3n) is 2.34.